The third-order valence-electron chi connectivity index (χ3n) is 5.47. The zero-order valence-corrected chi connectivity index (χ0v) is 18.7. The number of nitrogens with two attached hydrogens (primary N) is 1. The minimum absolute atomic E-state index is 0.249. The van der Waals surface area contributed by atoms with Crippen molar-refractivity contribution in [3.63, 3.8) is 0 Å². The van der Waals surface area contributed by atoms with E-state index in [1.807, 2.05) is 18.4 Å². The number of anilines is 1. The standard InChI is InChI=1S/C22H31N3O2S2/c1-28-21-12-11-19(18-22(21)29(23,26)27)8-4-3-7-13-24-14-16-25(17-15-24)20-9-5-2-6-10-20/h2,5-6,9-12,18H,3-4,7-8,13-17H2,1H3,(H2,23,26,27). The molecule has 2 N–H and O–H groups in total. The third kappa shape index (κ3) is 6.47. The number of benzene rings is 2. The van der Waals surface area contributed by atoms with Gasteiger partial charge in [-0.3, -0.25) is 4.90 Å². The maximum atomic E-state index is 11.8. The van der Waals surface area contributed by atoms with E-state index in [4.69, 9.17) is 5.14 Å². The molecular weight excluding hydrogens is 402 g/mol. The molecule has 0 amide bonds. The van der Waals surface area contributed by atoms with E-state index in [-0.39, 0.29) is 4.90 Å². The van der Waals surface area contributed by atoms with Gasteiger partial charge in [0.05, 0.1) is 4.90 Å². The first-order chi connectivity index (χ1) is 14.0. The summed E-state index contributed by atoms with van der Waals surface area (Å²) >= 11 is 1.41. The Balaban J connectivity index is 1.38. The second kappa shape index (κ2) is 10.5. The summed E-state index contributed by atoms with van der Waals surface area (Å²) in [6.45, 7) is 5.53. The predicted octanol–water partition coefficient (Wildman–Crippen LogP) is 3.59. The average molecular weight is 434 g/mol. The normalized spacial score (nSPS) is 15.6. The first kappa shape index (κ1) is 22.2. The fraction of sp³-hybridized carbons (Fsp3) is 0.455. The second-order valence-electron chi connectivity index (χ2n) is 7.51. The number of para-hydroxylation sites is 1. The molecular formula is C22H31N3O2S2. The Morgan fingerprint density at radius 2 is 1.69 bits per heavy atom. The number of thioether (sulfide) groups is 1. The predicted molar refractivity (Wildman–Crippen MR) is 122 cm³/mol. The molecule has 0 saturated carbocycles. The fourth-order valence-electron chi connectivity index (χ4n) is 3.81. The van der Waals surface area contributed by atoms with Crippen molar-refractivity contribution in [2.24, 2.45) is 5.14 Å². The Bertz CT molecular complexity index is 880. The molecule has 158 valence electrons. The largest absolute Gasteiger partial charge is 0.369 e. The maximum Gasteiger partial charge on any atom is 0.239 e. The van der Waals surface area contributed by atoms with Crippen LogP contribution in [0.25, 0.3) is 0 Å². The molecule has 5 nitrogen and oxygen atoms in total. The lowest BCUT2D eigenvalue weighted by atomic mass is 10.1. The van der Waals surface area contributed by atoms with Crippen molar-refractivity contribution in [3.8, 4) is 0 Å². The summed E-state index contributed by atoms with van der Waals surface area (Å²) in [6, 6.07) is 16.3. The monoisotopic (exact) mass is 433 g/mol. The molecule has 0 spiro atoms. The molecule has 2 aromatic carbocycles. The Kier molecular flexibility index (Phi) is 8.00. The molecule has 29 heavy (non-hydrogen) atoms. The van der Waals surface area contributed by atoms with Crippen molar-refractivity contribution in [2.75, 3.05) is 43.9 Å². The number of rotatable bonds is 9. The van der Waals surface area contributed by atoms with E-state index in [2.05, 4.69) is 40.1 Å². The highest BCUT2D eigenvalue weighted by Crippen LogP contribution is 2.25. The molecule has 3 rings (SSSR count). The summed E-state index contributed by atoms with van der Waals surface area (Å²) in [5.41, 5.74) is 2.36. The average Bonchev–Trinajstić information content (AvgIpc) is 2.74. The molecule has 1 aliphatic rings. The van der Waals surface area contributed by atoms with Crippen LogP contribution in [0.1, 0.15) is 24.8 Å². The van der Waals surface area contributed by atoms with E-state index in [0.717, 1.165) is 57.5 Å². The smallest absolute Gasteiger partial charge is 0.239 e. The number of hydrogen-bond acceptors (Lipinski definition) is 5. The van der Waals surface area contributed by atoms with Crippen LogP contribution in [0.3, 0.4) is 0 Å². The van der Waals surface area contributed by atoms with Crippen LogP contribution in [0.15, 0.2) is 58.3 Å². The first-order valence-electron chi connectivity index (χ1n) is 10.2. The van der Waals surface area contributed by atoms with E-state index >= 15 is 0 Å². The third-order valence-corrected chi connectivity index (χ3v) is 7.34. The van der Waals surface area contributed by atoms with E-state index in [1.165, 1.54) is 23.9 Å². The van der Waals surface area contributed by atoms with Crippen molar-refractivity contribution in [1.29, 1.82) is 0 Å². The van der Waals surface area contributed by atoms with Gasteiger partial charge in [-0.25, -0.2) is 13.6 Å². The van der Waals surface area contributed by atoms with Crippen molar-refractivity contribution in [2.45, 2.75) is 35.5 Å². The van der Waals surface area contributed by atoms with Gasteiger partial charge in [-0.1, -0.05) is 30.7 Å². The summed E-state index contributed by atoms with van der Waals surface area (Å²) in [7, 11) is -3.67. The van der Waals surface area contributed by atoms with Crippen molar-refractivity contribution >= 4 is 27.5 Å². The van der Waals surface area contributed by atoms with Crippen LogP contribution >= 0.6 is 11.8 Å². The maximum absolute atomic E-state index is 11.8. The molecule has 2 aromatic rings. The molecule has 0 bridgehead atoms. The van der Waals surface area contributed by atoms with E-state index < -0.39 is 10.0 Å². The molecule has 1 fully saturated rings. The minimum Gasteiger partial charge on any atom is -0.369 e. The van der Waals surface area contributed by atoms with E-state index in [0.29, 0.717) is 4.90 Å². The Hall–Kier alpha value is -1.54. The highest BCUT2D eigenvalue weighted by atomic mass is 32.2. The summed E-state index contributed by atoms with van der Waals surface area (Å²) in [5, 5.41) is 5.36. The lowest BCUT2D eigenvalue weighted by Gasteiger charge is -2.36. The van der Waals surface area contributed by atoms with Crippen LogP contribution in [0.2, 0.25) is 0 Å². The van der Waals surface area contributed by atoms with Gasteiger partial charge in [0.2, 0.25) is 10.0 Å². The van der Waals surface area contributed by atoms with E-state index in [9.17, 15) is 8.42 Å². The zero-order valence-electron chi connectivity index (χ0n) is 17.1. The van der Waals surface area contributed by atoms with Gasteiger partial charge in [0.25, 0.3) is 0 Å². The first-order valence-corrected chi connectivity index (χ1v) is 13.0. The molecule has 0 aromatic heterocycles. The Morgan fingerprint density at radius 1 is 0.966 bits per heavy atom. The van der Waals surface area contributed by atoms with E-state index in [1.54, 1.807) is 6.07 Å². The number of aryl methyl sites for hydroxylation is 1. The summed E-state index contributed by atoms with van der Waals surface area (Å²) in [4.78, 5) is 5.97. The summed E-state index contributed by atoms with van der Waals surface area (Å²) in [5.74, 6) is 0. The summed E-state index contributed by atoms with van der Waals surface area (Å²) in [6.07, 6.45) is 6.14. The van der Waals surface area contributed by atoms with Gasteiger partial charge in [-0.15, -0.1) is 11.8 Å². The quantitative estimate of drug-likeness (QED) is 0.484. The highest BCUT2D eigenvalue weighted by molar-refractivity contribution is 7.99. The number of unbranched alkanes of at least 4 members (excludes halogenated alkanes) is 2. The Labute approximate surface area is 179 Å². The topological polar surface area (TPSA) is 66.6 Å². The van der Waals surface area contributed by atoms with Gasteiger partial charge in [-0.2, -0.15) is 0 Å². The van der Waals surface area contributed by atoms with Crippen LogP contribution in [0.4, 0.5) is 5.69 Å². The van der Waals surface area contributed by atoms with Crippen LogP contribution < -0.4 is 10.0 Å². The van der Waals surface area contributed by atoms with Gasteiger partial charge in [0.15, 0.2) is 0 Å². The van der Waals surface area contributed by atoms with Crippen molar-refractivity contribution in [1.82, 2.24) is 4.90 Å². The number of hydrogen-bond donors (Lipinski definition) is 1. The van der Waals surface area contributed by atoms with Gasteiger partial charge in [0, 0.05) is 36.8 Å². The van der Waals surface area contributed by atoms with Crippen LogP contribution in [-0.2, 0) is 16.4 Å². The van der Waals surface area contributed by atoms with Gasteiger partial charge in [-0.05, 0) is 61.9 Å². The molecule has 1 aliphatic heterocycles. The lowest BCUT2D eigenvalue weighted by Crippen LogP contribution is -2.46. The fourth-order valence-corrected chi connectivity index (χ4v) is 5.54. The molecule has 1 heterocycles. The molecule has 0 radical (unpaired) electrons. The molecule has 0 atom stereocenters. The van der Waals surface area contributed by atoms with Gasteiger partial charge < -0.3 is 4.90 Å². The van der Waals surface area contributed by atoms with Crippen LogP contribution in [0.5, 0.6) is 0 Å². The van der Waals surface area contributed by atoms with Gasteiger partial charge >= 0.3 is 0 Å². The van der Waals surface area contributed by atoms with Gasteiger partial charge in [0.1, 0.15) is 0 Å². The minimum atomic E-state index is -3.67. The molecule has 1 saturated heterocycles. The second-order valence-corrected chi connectivity index (χ2v) is 9.88. The van der Waals surface area contributed by atoms with Crippen LogP contribution in [-0.4, -0.2) is 52.3 Å². The number of primary sulfonamides is 1. The van der Waals surface area contributed by atoms with Crippen molar-refractivity contribution < 1.29 is 8.42 Å². The SMILES string of the molecule is CSc1ccc(CCCCCN2CCN(c3ccccc3)CC2)cc1S(N)(=O)=O. The number of nitrogens with zero attached hydrogens (tertiary/aromatic N) is 2. The molecule has 7 heteroatoms. The lowest BCUT2D eigenvalue weighted by molar-refractivity contribution is 0.252. The van der Waals surface area contributed by atoms with Crippen molar-refractivity contribution in [3.05, 3.63) is 54.1 Å². The highest BCUT2D eigenvalue weighted by Gasteiger charge is 2.17. The Morgan fingerprint density at radius 3 is 2.34 bits per heavy atom. The zero-order chi connectivity index (χ0) is 20.7. The summed E-state index contributed by atoms with van der Waals surface area (Å²) < 4.78 is 23.6. The molecule has 0 unspecified atom stereocenters. The number of sulfonamides is 1. The number of piperazine rings is 1. The molecule has 0 aliphatic carbocycles. The van der Waals surface area contributed by atoms with Crippen LogP contribution in [0, 0.1) is 0 Å².